The lowest BCUT2D eigenvalue weighted by Crippen LogP contribution is -2.13. The van der Waals surface area contributed by atoms with E-state index in [1.54, 1.807) is 18.3 Å². The molecule has 0 radical (unpaired) electrons. The van der Waals surface area contributed by atoms with Gasteiger partial charge in [-0.2, -0.15) is 0 Å². The maximum Gasteiger partial charge on any atom is 0.259 e. The lowest BCUT2D eigenvalue weighted by atomic mass is 10.1. The van der Waals surface area contributed by atoms with Gasteiger partial charge >= 0.3 is 0 Å². The van der Waals surface area contributed by atoms with Crippen molar-refractivity contribution in [1.29, 1.82) is 0 Å². The second-order valence-electron chi connectivity index (χ2n) is 3.64. The fourth-order valence-corrected chi connectivity index (χ4v) is 3.14. The number of thiophene rings is 1. The second kappa shape index (κ2) is 3.15. The van der Waals surface area contributed by atoms with Gasteiger partial charge in [0, 0.05) is 4.88 Å². The molecule has 0 saturated carbocycles. The van der Waals surface area contributed by atoms with Gasteiger partial charge in [0.25, 0.3) is 5.56 Å². The van der Waals surface area contributed by atoms with Crippen molar-refractivity contribution in [2.24, 2.45) is 0 Å². The number of H-pyrrole nitrogens is 1. The Morgan fingerprint density at radius 1 is 1.53 bits per heavy atom. The Balaban J connectivity index is 2.42. The van der Waals surface area contributed by atoms with E-state index in [1.807, 2.05) is 0 Å². The maximum atomic E-state index is 11.8. The number of aryl methyl sites for hydroxylation is 1. The van der Waals surface area contributed by atoms with Gasteiger partial charge in [-0.15, -0.1) is 11.3 Å². The molecule has 0 saturated heterocycles. The molecule has 15 heavy (non-hydrogen) atoms. The van der Waals surface area contributed by atoms with E-state index in [9.17, 15) is 4.79 Å². The van der Waals surface area contributed by atoms with E-state index < -0.39 is 0 Å². The summed E-state index contributed by atoms with van der Waals surface area (Å²) in [6.07, 6.45) is 0.823. The Hall–Kier alpha value is -1.20. The van der Waals surface area contributed by atoms with Crippen molar-refractivity contribution < 1.29 is 4.74 Å². The minimum atomic E-state index is -0.0168. The van der Waals surface area contributed by atoms with Crippen LogP contribution in [0.4, 0.5) is 0 Å². The van der Waals surface area contributed by atoms with Gasteiger partial charge in [0.2, 0.25) is 0 Å². The van der Waals surface area contributed by atoms with Crippen LogP contribution in [0.3, 0.4) is 0 Å². The Bertz CT molecular complexity index is 585. The molecule has 1 N–H and O–H groups in total. The van der Waals surface area contributed by atoms with Gasteiger partial charge in [-0.1, -0.05) is 0 Å². The van der Waals surface area contributed by atoms with E-state index in [0.29, 0.717) is 19.0 Å². The molecule has 0 fully saturated rings. The SMILES string of the molecule is Cc1nc2sc3c(c2c(=O)[nH]1)CCOC3. The molecule has 0 amide bonds. The molecule has 2 aromatic rings. The molecular weight excluding hydrogens is 212 g/mol. The predicted octanol–water partition coefficient (Wildman–Crippen LogP) is 1.37. The first-order chi connectivity index (χ1) is 7.25. The zero-order valence-corrected chi connectivity index (χ0v) is 9.11. The summed E-state index contributed by atoms with van der Waals surface area (Å²) in [7, 11) is 0. The quantitative estimate of drug-likeness (QED) is 0.732. The number of rotatable bonds is 0. The molecule has 3 heterocycles. The Morgan fingerprint density at radius 2 is 2.40 bits per heavy atom. The van der Waals surface area contributed by atoms with E-state index in [2.05, 4.69) is 9.97 Å². The van der Waals surface area contributed by atoms with Crippen LogP contribution in [-0.2, 0) is 17.8 Å². The molecule has 0 unspecified atom stereocenters. The molecule has 0 aromatic carbocycles. The summed E-state index contributed by atoms with van der Waals surface area (Å²) in [4.78, 5) is 20.9. The molecule has 0 aliphatic carbocycles. The molecule has 1 aliphatic rings. The van der Waals surface area contributed by atoms with Gasteiger partial charge in [-0.05, 0) is 18.9 Å². The third-order valence-corrected chi connectivity index (χ3v) is 3.69. The zero-order valence-electron chi connectivity index (χ0n) is 8.29. The van der Waals surface area contributed by atoms with Crippen LogP contribution in [0, 0.1) is 6.92 Å². The van der Waals surface area contributed by atoms with Crippen molar-refractivity contribution in [1.82, 2.24) is 9.97 Å². The van der Waals surface area contributed by atoms with Gasteiger partial charge in [0.15, 0.2) is 0 Å². The summed E-state index contributed by atoms with van der Waals surface area (Å²) in [5.74, 6) is 0.673. The van der Waals surface area contributed by atoms with Crippen LogP contribution < -0.4 is 5.56 Å². The third-order valence-electron chi connectivity index (χ3n) is 2.59. The van der Waals surface area contributed by atoms with Gasteiger partial charge < -0.3 is 9.72 Å². The standard InChI is InChI=1S/C10H10N2O2S/c1-5-11-9(13)8-6-2-3-14-4-7(6)15-10(8)12-5/h2-4H2,1H3,(H,11,12,13). The predicted molar refractivity (Wildman–Crippen MR) is 58.3 cm³/mol. The topological polar surface area (TPSA) is 55.0 Å². The highest BCUT2D eigenvalue weighted by Gasteiger charge is 2.19. The van der Waals surface area contributed by atoms with E-state index >= 15 is 0 Å². The van der Waals surface area contributed by atoms with Crippen LogP contribution in [-0.4, -0.2) is 16.6 Å². The van der Waals surface area contributed by atoms with Crippen molar-refractivity contribution in [3.63, 3.8) is 0 Å². The van der Waals surface area contributed by atoms with Gasteiger partial charge in [-0.25, -0.2) is 4.98 Å². The van der Waals surface area contributed by atoms with Gasteiger partial charge in [0.1, 0.15) is 10.7 Å². The zero-order chi connectivity index (χ0) is 10.4. The first kappa shape index (κ1) is 9.06. The fraction of sp³-hybridized carbons (Fsp3) is 0.400. The van der Waals surface area contributed by atoms with Crippen LogP contribution >= 0.6 is 11.3 Å². The lowest BCUT2D eigenvalue weighted by molar-refractivity contribution is 0.114. The summed E-state index contributed by atoms with van der Waals surface area (Å²) in [6.45, 7) is 3.12. The molecule has 3 rings (SSSR count). The molecule has 4 nitrogen and oxygen atoms in total. The molecule has 5 heteroatoms. The number of fused-ring (bicyclic) bond motifs is 3. The van der Waals surface area contributed by atoms with E-state index in [-0.39, 0.29) is 5.56 Å². The first-order valence-electron chi connectivity index (χ1n) is 4.84. The normalized spacial score (nSPS) is 15.5. The minimum Gasteiger partial charge on any atom is -0.376 e. The molecule has 0 bridgehead atoms. The smallest absolute Gasteiger partial charge is 0.259 e. The maximum absolute atomic E-state index is 11.8. The second-order valence-corrected chi connectivity index (χ2v) is 4.72. The average molecular weight is 222 g/mol. The molecule has 0 atom stereocenters. The summed E-state index contributed by atoms with van der Waals surface area (Å²) in [6, 6.07) is 0. The monoisotopic (exact) mass is 222 g/mol. The van der Waals surface area contributed by atoms with Gasteiger partial charge in [-0.3, -0.25) is 4.79 Å². The van der Waals surface area contributed by atoms with E-state index in [1.165, 1.54) is 0 Å². The summed E-state index contributed by atoms with van der Waals surface area (Å²) in [5, 5.41) is 0.768. The number of hydrogen-bond donors (Lipinski definition) is 1. The number of nitrogens with zero attached hydrogens (tertiary/aromatic N) is 1. The summed E-state index contributed by atoms with van der Waals surface area (Å²) in [5.41, 5.74) is 1.12. The van der Waals surface area contributed by atoms with Crippen molar-refractivity contribution in [3.8, 4) is 0 Å². The molecule has 1 aliphatic heterocycles. The first-order valence-corrected chi connectivity index (χ1v) is 5.66. The highest BCUT2D eigenvalue weighted by atomic mass is 32.1. The van der Waals surface area contributed by atoms with Crippen molar-refractivity contribution >= 4 is 21.6 Å². The molecule has 0 spiro atoms. The average Bonchev–Trinajstić information content (AvgIpc) is 2.54. The van der Waals surface area contributed by atoms with Crippen LogP contribution in [0.25, 0.3) is 10.2 Å². The highest BCUT2D eigenvalue weighted by molar-refractivity contribution is 7.18. The van der Waals surface area contributed by atoms with E-state index in [0.717, 1.165) is 27.1 Å². The largest absolute Gasteiger partial charge is 0.376 e. The highest BCUT2D eigenvalue weighted by Crippen LogP contribution is 2.30. The lowest BCUT2D eigenvalue weighted by Gasteiger charge is -2.10. The Kier molecular flexibility index (Phi) is 1.90. The van der Waals surface area contributed by atoms with Crippen LogP contribution in [0.15, 0.2) is 4.79 Å². The van der Waals surface area contributed by atoms with Gasteiger partial charge in [0.05, 0.1) is 18.6 Å². The Labute approximate surface area is 89.9 Å². The van der Waals surface area contributed by atoms with Crippen LogP contribution in [0.2, 0.25) is 0 Å². The molecular formula is C10H10N2O2S. The number of ether oxygens (including phenoxy) is 1. The van der Waals surface area contributed by atoms with Crippen LogP contribution in [0.5, 0.6) is 0 Å². The van der Waals surface area contributed by atoms with Crippen molar-refractivity contribution in [2.75, 3.05) is 6.61 Å². The van der Waals surface area contributed by atoms with Crippen molar-refractivity contribution in [3.05, 3.63) is 26.6 Å². The fourth-order valence-electron chi connectivity index (χ4n) is 1.94. The number of hydrogen-bond acceptors (Lipinski definition) is 4. The van der Waals surface area contributed by atoms with E-state index in [4.69, 9.17) is 4.74 Å². The third kappa shape index (κ3) is 1.31. The Morgan fingerprint density at radius 3 is 3.27 bits per heavy atom. The van der Waals surface area contributed by atoms with Crippen LogP contribution in [0.1, 0.15) is 16.3 Å². The van der Waals surface area contributed by atoms with Crippen molar-refractivity contribution in [2.45, 2.75) is 20.0 Å². The molecule has 78 valence electrons. The molecule has 2 aromatic heterocycles. The summed E-state index contributed by atoms with van der Waals surface area (Å²) >= 11 is 1.57. The number of aromatic nitrogens is 2. The summed E-state index contributed by atoms with van der Waals surface area (Å²) < 4.78 is 5.37. The number of aromatic amines is 1. The minimum absolute atomic E-state index is 0.0168. The number of nitrogens with one attached hydrogen (secondary N) is 1.